The molecule has 0 saturated carbocycles. The second-order valence-corrected chi connectivity index (χ2v) is 6.39. The van der Waals surface area contributed by atoms with Crippen molar-refractivity contribution in [3.8, 4) is 0 Å². The van der Waals surface area contributed by atoms with E-state index in [1.165, 1.54) is 7.11 Å². The molecule has 17 heavy (non-hydrogen) atoms. The van der Waals surface area contributed by atoms with Crippen molar-refractivity contribution in [3.05, 3.63) is 0 Å². The Morgan fingerprint density at radius 1 is 1.24 bits per heavy atom. The van der Waals surface area contributed by atoms with Gasteiger partial charge >= 0.3 is 5.97 Å². The van der Waals surface area contributed by atoms with E-state index in [1.807, 2.05) is 6.92 Å². The number of rotatable bonds is 6. The van der Waals surface area contributed by atoms with Crippen molar-refractivity contribution in [2.75, 3.05) is 20.2 Å². The van der Waals surface area contributed by atoms with Crippen molar-refractivity contribution in [1.29, 1.82) is 0 Å². The summed E-state index contributed by atoms with van der Waals surface area (Å²) in [6.07, 6.45) is 0.815. The number of hydrogen-bond donors (Lipinski definition) is 1. The van der Waals surface area contributed by atoms with Crippen LogP contribution < -0.4 is 5.32 Å². The molecule has 0 aromatic rings. The fourth-order valence-electron chi connectivity index (χ4n) is 1.39. The second kappa shape index (κ2) is 6.39. The van der Waals surface area contributed by atoms with Gasteiger partial charge < -0.3 is 10.1 Å². The Hall–Kier alpha value is -0.570. The van der Waals surface area contributed by atoms with Crippen LogP contribution >= 0.6 is 0 Å². The average molecular weight is 243 g/mol. The SMILES string of the molecule is CCC(CNCC(C)(C)C(C)(C)C)C(=O)OC. The topological polar surface area (TPSA) is 38.3 Å². The number of esters is 1. The number of carbonyl (C=O) groups excluding carboxylic acids is 1. The summed E-state index contributed by atoms with van der Waals surface area (Å²) in [4.78, 5) is 11.4. The van der Waals surface area contributed by atoms with Gasteiger partial charge in [0.1, 0.15) is 0 Å². The molecule has 1 atom stereocenters. The zero-order valence-corrected chi connectivity index (χ0v) is 12.5. The number of ether oxygens (including phenoxy) is 1. The van der Waals surface area contributed by atoms with E-state index in [2.05, 4.69) is 39.9 Å². The molecule has 0 radical (unpaired) electrons. The minimum atomic E-state index is -0.117. The smallest absolute Gasteiger partial charge is 0.309 e. The molecule has 0 aliphatic rings. The van der Waals surface area contributed by atoms with Gasteiger partial charge in [0.2, 0.25) is 0 Å². The second-order valence-electron chi connectivity index (χ2n) is 6.39. The zero-order valence-electron chi connectivity index (χ0n) is 12.5. The molecule has 0 aliphatic carbocycles. The summed E-state index contributed by atoms with van der Waals surface area (Å²) in [6, 6.07) is 0. The maximum absolute atomic E-state index is 11.4. The van der Waals surface area contributed by atoms with Crippen LogP contribution in [-0.2, 0) is 9.53 Å². The first-order valence-electron chi connectivity index (χ1n) is 6.44. The molecule has 0 heterocycles. The van der Waals surface area contributed by atoms with Crippen molar-refractivity contribution in [1.82, 2.24) is 5.32 Å². The lowest BCUT2D eigenvalue weighted by molar-refractivity contribution is -0.145. The molecule has 0 saturated heterocycles. The van der Waals surface area contributed by atoms with Gasteiger partial charge in [-0.05, 0) is 17.3 Å². The van der Waals surface area contributed by atoms with Gasteiger partial charge in [0.25, 0.3) is 0 Å². The van der Waals surface area contributed by atoms with Gasteiger partial charge in [0.05, 0.1) is 13.0 Å². The molecular formula is C14H29NO2. The highest BCUT2D eigenvalue weighted by molar-refractivity contribution is 5.72. The third-order valence-electron chi connectivity index (χ3n) is 4.02. The van der Waals surface area contributed by atoms with Gasteiger partial charge in [-0.25, -0.2) is 0 Å². The number of hydrogen-bond acceptors (Lipinski definition) is 3. The largest absolute Gasteiger partial charge is 0.469 e. The lowest BCUT2D eigenvalue weighted by Gasteiger charge is -2.39. The molecule has 0 spiro atoms. The van der Waals surface area contributed by atoms with E-state index >= 15 is 0 Å². The van der Waals surface area contributed by atoms with Crippen molar-refractivity contribution >= 4 is 5.97 Å². The van der Waals surface area contributed by atoms with E-state index in [1.54, 1.807) is 0 Å². The first-order valence-corrected chi connectivity index (χ1v) is 6.44. The van der Waals surface area contributed by atoms with E-state index in [9.17, 15) is 4.79 Å². The lowest BCUT2D eigenvalue weighted by Crippen LogP contribution is -2.41. The normalized spacial score (nSPS) is 14.5. The Labute approximate surface area is 106 Å². The third-order valence-corrected chi connectivity index (χ3v) is 4.02. The predicted molar refractivity (Wildman–Crippen MR) is 71.9 cm³/mol. The molecule has 0 amide bonds. The lowest BCUT2D eigenvalue weighted by atomic mass is 9.69. The Balaban J connectivity index is 4.18. The van der Waals surface area contributed by atoms with E-state index in [4.69, 9.17) is 4.74 Å². The highest BCUT2D eigenvalue weighted by atomic mass is 16.5. The molecule has 3 heteroatoms. The zero-order chi connectivity index (χ0) is 13.7. The van der Waals surface area contributed by atoms with Crippen LogP contribution in [0.2, 0.25) is 0 Å². The van der Waals surface area contributed by atoms with Crippen LogP contribution in [0.5, 0.6) is 0 Å². The Morgan fingerprint density at radius 2 is 1.76 bits per heavy atom. The minimum Gasteiger partial charge on any atom is -0.469 e. The maximum atomic E-state index is 11.4. The number of methoxy groups -OCH3 is 1. The molecule has 0 bridgehead atoms. The summed E-state index contributed by atoms with van der Waals surface area (Å²) in [6.45, 7) is 14.8. The van der Waals surface area contributed by atoms with E-state index in [0.717, 1.165) is 13.0 Å². The van der Waals surface area contributed by atoms with Crippen molar-refractivity contribution in [2.24, 2.45) is 16.7 Å². The Morgan fingerprint density at radius 3 is 2.12 bits per heavy atom. The van der Waals surface area contributed by atoms with Crippen LogP contribution in [0.4, 0.5) is 0 Å². The summed E-state index contributed by atoms with van der Waals surface area (Å²) in [5.74, 6) is -0.149. The fraction of sp³-hybridized carbons (Fsp3) is 0.929. The van der Waals surface area contributed by atoms with E-state index in [0.29, 0.717) is 6.54 Å². The first-order chi connectivity index (χ1) is 7.65. The van der Waals surface area contributed by atoms with Gasteiger partial charge in [-0.3, -0.25) is 4.79 Å². The van der Waals surface area contributed by atoms with Gasteiger partial charge in [-0.15, -0.1) is 0 Å². The predicted octanol–water partition coefficient (Wildman–Crippen LogP) is 2.85. The standard InChI is InChI=1S/C14H29NO2/c1-8-11(12(16)17-7)9-15-10-14(5,6)13(2,3)4/h11,15H,8-10H2,1-7H3. The van der Waals surface area contributed by atoms with Gasteiger partial charge in [-0.2, -0.15) is 0 Å². The summed E-state index contributed by atoms with van der Waals surface area (Å²) >= 11 is 0. The Bertz CT molecular complexity index is 241. The van der Waals surface area contributed by atoms with Crippen molar-refractivity contribution in [2.45, 2.75) is 48.0 Å². The summed E-state index contributed by atoms with van der Waals surface area (Å²) in [5, 5.41) is 3.40. The molecule has 102 valence electrons. The first kappa shape index (κ1) is 16.4. The molecule has 1 unspecified atom stereocenters. The van der Waals surface area contributed by atoms with Crippen LogP contribution in [0, 0.1) is 16.7 Å². The van der Waals surface area contributed by atoms with Crippen LogP contribution in [0.3, 0.4) is 0 Å². The van der Waals surface area contributed by atoms with Gasteiger partial charge in [0.15, 0.2) is 0 Å². The monoisotopic (exact) mass is 243 g/mol. The molecule has 0 aromatic heterocycles. The molecule has 3 nitrogen and oxygen atoms in total. The number of nitrogens with one attached hydrogen (secondary N) is 1. The molecule has 1 N–H and O–H groups in total. The van der Waals surface area contributed by atoms with Crippen LogP contribution in [-0.4, -0.2) is 26.2 Å². The van der Waals surface area contributed by atoms with Crippen LogP contribution in [0.25, 0.3) is 0 Å². The van der Waals surface area contributed by atoms with Crippen molar-refractivity contribution in [3.63, 3.8) is 0 Å². The molecular weight excluding hydrogens is 214 g/mol. The highest BCUT2D eigenvalue weighted by Crippen LogP contribution is 2.36. The van der Waals surface area contributed by atoms with Gasteiger partial charge in [0, 0.05) is 13.1 Å². The molecule has 0 aromatic carbocycles. The third kappa shape index (κ3) is 5.07. The quantitative estimate of drug-likeness (QED) is 0.729. The maximum Gasteiger partial charge on any atom is 0.309 e. The Kier molecular flexibility index (Phi) is 6.17. The summed E-state index contributed by atoms with van der Waals surface area (Å²) < 4.78 is 4.77. The molecule has 0 rings (SSSR count). The van der Waals surface area contributed by atoms with Crippen LogP contribution in [0.15, 0.2) is 0 Å². The fourth-order valence-corrected chi connectivity index (χ4v) is 1.39. The average Bonchev–Trinajstić information content (AvgIpc) is 2.21. The van der Waals surface area contributed by atoms with E-state index < -0.39 is 0 Å². The van der Waals surface area contributed by atoms with E-state index in [-0.39, 0.29) is 22.7 Å². The summed E-state index contributed by atoms with van der Waals surface area (Å²) in [5.41, 5.74) is 0.439. The summed E-state index contributed by atoms with van der Waals surface area (Å²) in [7, 11) is 1.45. The number of carbonyl (C=O) groups is 1. The minimum absolute atomic E-state index is 0.0317. The van der Waals surface area contributed by atoms with Crippen LogP contribution in [0.1, 0.15) is 48.0 Å². The van der Waals surface area contributed by atoms with Gasteiger partial charge in [-0.1, -0.05) is 41.5 Å². The van der Waals surface area contributed by atoms with Crippen molar-refractivity contribution < 1.29 is 9.53 Å². The highest BCUT2D eigenvalue weighted by Gasteiger charge is 2.32. The molecule has 0 aliphatic heterocycles. The molecule has 0 fully saturated rings.